The van der Waals surface area contributed by atoms with E-state index in [2.05, 4.69) is 0 Å². The third-order valence-corrected chi connectivity index (χ3v) is 4.46. The SMILES string of the molecule is CN(c1ccccc1)c1ccccc1C(=O)N1CCC(C(=O)O)C1. The van der Waals surface area contributed by atoms with Gasteiger partial charge in [0.15, 0.2) is 0 Å². The maximum absolute atomic E-state index is 12.9. The Hall–Kier alpha value is -2.82. The fraction of sp³-hybridized carbons (Fsp3) is 0.263. The first-order chi connectivity index (χ1) is 11.6. The van der Waals surface area contributed by atoms with Gasteiger partial charge in [-0.2, -0.15) is 0 Å². The molecule has 0 aromatic heterocycles. The highest BCUT2D eigenvalue weighted by molar-refractivity contribution is 6.01. The largest absolute Gasteiger partial charge is 0.481 e. The number of para-hydroxylation sites is 2. The number of benzene rings is 2. The topological polar surface area (TPSA) is 60.9 Å². The molecule has 3 rings (SSSR count). The number of carboxylic acids is 1. The van der Waals surface area contributed by atoms with Gasteiger partial charge in [-0.3, -0.25) is 9.59 Å². The summed E-state index contributed by atoms with van der Waals surface area (Å²) in [7, 11) is 1.92. The maximum atomic E-state index is 12.9. The summed E-state index contributed by atoms with van der Waals surface area (Å²) in [6, 6.07) is 17.3. The van der Waals surface area contributed by atoms with Crippen LogP contribution in [0.25, 0.3) is 0 Å². The number of carbonyl (C=O) groups is 2. The molecule has 5 nitrogen and oxygen atoms in total. The number of carboxylic acid groups (broad SMARTS) is 1. The lowest BCUT2D eigenvalue weighted by Crippen LogP contribution is -2.31. The molecule has 0 bridgehead atoms. The van der Waals surface area contributed by atoms with E-state index in [1.165, 1.54) is 0 Å². The number of hydrogen-bond donors (Lipinski definition) is 1. The highest BCUT2D eigenvalue weighted by Crippen LogP contribution is 2.29. The molecule has 1 fully saturated rings. The minimum Gasteiger partial charge on any atom is -0.481 e. The number of likely N-dealkylation sites (tertiary alicyclic amines) is 1. The Labute approximate surface area is 141 Å². The summed E-state index contributed by atoms with van der Waals surface area (Å²) >= 11 is 0. The fourth-order valence-electron chi connectivity index (χ4n) is 3.05. The zero-order valence-electron chi connectivity index (χ0n) is 13.6. The predicted molar refractivity (Wildman–Crippen MR) is 92.6 cm³/mol. The van der Waals surface area contributed by atoms with Gasteiger partial charge in [-0.15, -0.1) is 0 Å². The van der Waals surface area contributed by atoms with Crippen LogP contribution in [0, 0.1) is 5.92 Å². The number of rotatable bonds is 4. The number of nitrogens with zero attached hydrogens (tertiary/aromatic N) is 2. The average Bonchev–Trinajstić information content (AvgIpc) is 3.12. The minimum atomic E-state index is -0.833. The lowest BCUT2D eigenvalue weighted by molar-refractivity contribution is -0.141. The molecule has 0 radical (unpaired) electrons. The fourth-order valence-corrected chi connectivity index (χ4v) is 3.05. The van der Waals surface area contributed by atoms with Crippen LogP contribution in [0.4, 0.5) is 11.4 Å². The first-order valence-corrected chi connectivity index (χ1v) is 7.98. The summed E-state index contributed by atoms with van der Waals surface area (Å²) in [6.07, 6.45) is 0.512. The molecule has 2 aromatic rings. The van der Waals surface area contributed by atoms with Gasteiger partial charge in [-0.25, -0.2) is 0 Å². The Morgan fingerprint density at radius 1 is 1.08 bits per heavy atom. The molecule has 1 N–H and O–H groups in total. The van der Waals surface area contributed by atoms with Crippen molar-refractivity contribution in [1.82, 2.24) is 4.90 Å². The van der Waals surface area contributed by atoms with Crippen molar-refractivity contribution in [1.29, 1.82) is 0 Å². The van der Waals surface area contributed by atoms with Crippen molar-refractivity contribution in [3.05, 3.63) is 60.2 Å². The third kappa shape index (κ3) is 3.11. The summed E-state index contributed by atoms with van der Waals surface area (Å²) in [5, 5.41) is 9.13. The van der Waals surface area contributed by atoms with Crippen LogP contribution in [-0.2, 0) is 4.79 Å². The van der Waals surface area contributed by atoms with Gasteiger partial charge in [-0.1, -0.05) is 30.3 Å². The van der Waals surface area contributed by atoms with E-state index in [-0.39, 0.29) is 12.5 Å². The summed E-state index contributed by atoms with van der Waals surface area (Å²) in [6.45, 7) is 0.761. The molecule has 1 aliphatic heterocycles. The van der Waals surface area contributed by atoms with E-state index in [4.69, 9.17) is 5.11 Å². The van der Waals surface area contributed by atoms with Gasteiger partial charge in [0.25, 0.3) is 5.91 Å². The predicted octanol–water partition coefficient (Wildman–Crippen LogP) is 3.00. The second-order valence-electron chi connectivity index (χ2n) is 5.99. The van der Waals surface area contributed by atoms with Gasteiger partial charge in [-0.05, 0) is 30.7 Å². The summed E-state index contributed by atoms with van der Waals surface area (Å²) in [5.41, 5.74) is 2.39. The van der Waals surface area contributed by atoms with E-state index >= 15 is 0 Å². The van der Waals surface area contributed by atoms with Crippen LogP contribution in [0.5, 0.6) is 0 Å². The highest BCUT2D eigenvalue weighted by Gasteiger charge is 2.32. The van der Waals surface area contributed by atoms with Gasteiger partial charge in [0.2, 0.25) is 0 Å². The molecule has 0 aliphatic carbocycles. The molecule has 24 heavy (non-hydrogen) atoms. The monoisotopic (exact) mass is 324 g/mol. The van der Waals surface area contributed by atoms with Crippen molar-refractivity contribution in [3.63, 3.8) is 0 Å². The van der Waals surface area contributed by atoms with Crippen LogP contribution >= 0.6 is 0 Å². The van der Waals surface area contributed by atoms with E-state index in [1.807, 2.05) is 60.5 Å². The van der Waals surface area contributed by atoms with Crippen LogP contribution in [-0.4, -0.2) is 42.0 Å². The standard InChI is InChI=1S/C19H20N2O3/c1-20(15-7-3-2-4-8-15)17-10-6-5-9-16(17)18(22)21-12-11-14(13-21)19(23)24/h2-10,14H,11-13H2,1H3,(H,23,24). The zero-order valence-corrected chi connectivity index (χ0v) is 13.6. The Balaban J connectivity index is 1.87. The molecular formula is C19H20N2O3. The molecule has 1 amide bonds. The molecule has 1 saturated heterocycles. The number of aliphatic carboxylic acids is 1. The lowest BCUT2D eigenvalue weighted by Gasteiger charge is -2.24. The lowest BCUT2D eigenvalue weighted by atomic mass is 10.1. The van der Waals surface area contributed by atoms with Crippen molar-refractivity contribution in [2.75, 3.05) is 25.0 Å². The van der Waals surface area contributed by atoms with Gasteiger partial charge >= 0.3 is 5.97 Å². The molecule has 1 heterocycles. The van der Waals surface area contributed by atoms with Crippen molar-refractivity contribution in [2.24, 2.45) is 5.92 Å². The molecule has 5 heteroatoms. The minimum absolute atomic E-state index is 0.114. The molecule has 1 atom stereocenters. The van der Waals surface area contributed by atoms with Crippen LogP contribution in [0.2, 0.25) is 0 Å². The number of amides is 1. The molecular weight excluding hydrogens is 304 g/mol. The van der Waals surface area contributed by atoms with Crippen LogP contribution < -0.4 is 4.90 Å². The summed E-state index contributed by atoms with van der Waals surface area (Å²) in [4.78, 5) is 27.6. The first kappa shape index (κ1) is 16.1. The van der Waals surface area contributed by atoms with E-state index < -0.39 is 11.9 Å². The zero-order chi connectivity index (χ0) is 17.1. The van der Waals surface area contributed by atoms with Gasteiger partial charge < -0.3 is 14.9 Å². The van der Waals surface area contributed by atoms with Crippen LogP contribution in [0.3, 0.4) is 0 Å². The van der Waals surface area contributed by atoms with Crippen molar-refractivity contribution < 1.29 is 14.7 Å². The smallest absolute Gasteiger partial charge is 0.308 e. The Morgan fingerprint density at radius 2 is 1.75 bits per heavy atom. The van der Waals surface area contributed by atoms with E-state index in [0.29, 0.717) is 18.5 Å². The molecule has 1 aliphatic rings. The Kier molecular flexibility index (Phi) is 4.51. The normalized spacial score (nSPS) is 16.9. The molecule has 2 aromatic carbocycles. The number of carbonyl (C=O) groups excluding carboxylic acids is 1. The van der Waals surface area contributed by atoms with Crippen molar-refractivity contribution >= 4 is 23.3 Å². The molecule has 0 saturated carbocycles. The summed E-state index contributed by atoms with van der Waals surface area (Å²) in [5.74, 6) is -1.41. The summed E-state index contributed by atoms with van der Waals surface area (Å²) < 4.78 is 0. The quantitative estimate of drug-likeness (QED) is 0.939. The average molecular weight is 324 g/mol. The van der Waals surface area contributed by atoms with E-state index in [1.54, 1.807) is 11.0 Å². The van der Waals surface area contributed by atoms with E-state index in [0.717, 1.165) is 11.4 Å². The number of hydrogen-bond acceptors (Lipinski definition) is 3. The van der Waals surface area contributed by atoms with Crippen molar-refractivity contribution in [2.45, 2.75) is 6.42 Å². The van der Waals surface area contributed by atoms with Crippen molar-refractivity contribution in [3.8, 4) is 0 Å². The second-order valence-corrected chi connectivity index (χ2v) is 5.99. The van der Waals surface area contributed by atoms with Gasteiger partial charge in [0.1, 0.15) is 0 Å². The Morgan fingerprint density at radius 3 is 2.42 bits per heavy atom. The molecule has 124 valence electrons. The van der Waals surface area contributed by atoms with Gasteiger partial charge in [0, 0.05) is 25.8 Å². The van der Waals surface area contributed by atoms with Gasteiger partial charge in [0.05, 0.1) is 17.2 Å². The highest BCUT2D eigenvalue weighted by atomic mass is 16.4. The molecule has 0 spiro atoms. The van der Waals surface area contributed by atoms with E-state index in [9.17, 15) is 9.59 Å². The maximum Gasteiger partial charge on any atom is 0.308 e. The second kappa shape index (κ2) is 6.74. The van der Waals surface area contributed by atoms with Crippen LogP contribution in [0.15, 0.2) is 54.6 Å². The third-order valence-electron chi connectivity index (χ3n) is 4.46. The molecule has 1 unspecified atom stereocenters. The first-order valence-electron chi connectivity index (χ1n) is 7.98. The number of anilines is 2. The van der Waals surface area contributed by atoms with Crippen LogP contribution in [0.1, 0.15) is 16.8 Å². The Bertz CT molecular complexity index is 745.